The van der Waals surface area contributed by atoms with Crippen LogP contribution in [0.25, 0.3) is 0 Å². The van der Waals surface area contributed by atoms with E-state index < -0.39 is 0 Å². The molecule has 0 saturated carbocycles. The molecular formula is C23H28N2O3S. The number of hydrogen-bond donors (Lipinski definition) is 0. The molecule has 1 aliphatic heterocycles. The molecule has 0 radical (unpaired) electrons. The molecule has 1 aliphatic rings. The van der Waals surface area contributed by atoms with Crippen LogP contribution in [0.1, 0.15) is 47.3 Å². The molecule has 154 valence electrons. The summed E-state index contributed by atoms with van der Waals surface area (Å²) >= 11 is 1.40. The standard InChI is InChI=1S/C23H28N2O3S/c26-20(9-11-21(27)22-8-4-17-29-22)10-12-23(28)25-14-5-13-24(15-16-25)18-19-6-2-1-3-7-19/h1-4,6-8,17H,5,9-16,18H2. The Balaban J connectivity index is 1.36. The van der Waals surface area contributed by atoms with Crippen LogP contribution in [-0.2, 0) is 16.1 Å². The van der Waals surface area contributed by atoms with Crippen LogP contribution in [0.2, 0.25) is 0 Å². The normalized spacial score (nSPS) is 15.1. The fraction of sp³-hybridized carbons (Fsp3) is 0.435. The molecule has 1 fully saturated rings. The monoisotopic (exact) mass is 412 g/mol. The molecule has 1 saturated heterocycles. The maximum Gasteiger partial charge on any atom is 0.223 e. The first kappa shape index (κ1) is 21.4. The Morgan fingerprint density at radius 1 is 0.828 bits per heavy atom. The van der Waals surface area contributed by atoms with Crippen molar-refractivity contribution in [2.45, 2.75) is 38.6 Å². The van der Waals surface area contributed by atoms with Crippen molar-refractivity contribution in [2.75, 3.05) is 26.2 Å². The van der Waals surface area contributed by atoms with Crippen molar-refractivity contribution >= 4 is 28.8 Å². The smallest absolute Gasteiger partial charge is 0.223 e. The first-order valence-corrected chi connectivity index (χ1v) is 11.1. The van der Waals surface area contributed by atoms with Crippen LogP contribution in [0, 0.1) is 0 Å². The minimum absolute atomic E-state index is 0.00528. The number of carbonyl (C=O) groups excluding carboxylic acids is 3. The van der Waals surface area contributed by atoms with Crippen molar-refractivity contribution in [1.29, 1.82) is 0 Å². The zero-order valence-corrected chi connectivity index (χ0v) is 17.5. The van der Waals surface area contributed by atoms with Gasteiger partial charge in [-0.1, -0.05) is 36.4 Å². The molecule has 0 unspecified atom stereocenters. The molecular weight excluding hydrogens is 384 g/mol. The lowest BCUT2D eigenvalue weighted by Crippen LogP contribution is -2.35. The van der Waals surface area contributed by atoms with E-state index in [-0.39, 0.29) is 43.2 Å². The van der Waals surface area contributed by atoms with Crippen LogP contribution in [-0.4, -0.2) is 53.5 Å². The van der Waals surface area contributed by atoms with Gasteiger partial charge in [-0.2, -0.15) is 0 Å². The molecule has 0 aliphatic carbocycles. The van der Waals surface area contributed by atoms with E-state index in [1.165, 1.54) is 16.9 Å². The lowest BCUT2D eigenvalue weighted by molar-refractivity contribution is -0.133. The number of thiophene rings is 1. The van der Waals surface area contributed by atoms with Gasteiger partial charge in [0.25, 0.3) is 0 Å². The molecule has 1 aromatic heterocycles. The second-order valence-electron chi connectivity index (χ2n) is 7.44. The van der Waals surface area contributed by atoms with Crippen LogP contribution in [0.4, 0.5) is 0 Å². The second-order valence-corrected chi connectivity index (χ2v) is 8.38. The molecule has 0 bridgehead atoms. The Kier molecular flexibility index (Phi) is 8.14. The molecule has 2 heterocycles. The highest BCUT2D eigenvalue weighted by Gasteiger charge is 2.20. The zero-order chi connectivity index (χ0) is 20.5. The SMILES string of the molecule is O=C(CCC(=O)c1cccs1)CCC(=O)N1CCCN(Cc2ccccc2)CC1. The van der Waals surface area contributed by atoms with E-state index in [1.807, 2.05) is 34.5 Å². The summed E-state index contributed by atoms with van der Waals surface area (Å²) in [4.78, 5) is 41.6. The van der Waals surface area contributed by atoms with Crippen molar-refractivity contribution in [3.63, 3.8) is 0 Å². The van der Waals surface area contributed by atoms with Crippen LogP contribution in [0.15, 0.2) is 47.8 Å². The molecule has 0 N–H and O–H groups in total. The summed E-state index contributed by atoms with van der Waals surface area (Å²) in [5.74, 6) is 0.0407. The van der Waals surface area contributed by atoms with Crippen molar-refractivity contribution in [1.82, 2.24) is 9.80 Å². The van der Waals surface area contributed by atoms with E-state index in [1.54, 1.807) is 6.07 Å². The van der Waals surface area contributed by atoms with E-state index in [0.717, 1.165) is 32.6 Å². The minimum atomic E-state index is -0.0104. The number of Topliss-reactive ketones (excluding diaryl/α,β-unsaturated/α-hetero) is 2. The Morgan fingerprint density at radius 2 is 1.62 bits per heavy atom. The van der Waals surface area contributed by atoms with Gasteiger partial charge in [-0.05, 0) is 23.4 Å². The van der Waals surface area contributed by atoms with Crippen molar-refractivity contribution in [2.24, 2.45) is 0 Å². The molecule has 2 aromatic rings. The van der Waals surface area contributed by atoms with Gasteiger partial charge in [-0.25, -0.2) is 0 Å². The number of carbonyl (C=O) groups is 3. The minimum Gasteiger partial charge on any atom is -0.341 e. The Bertz CT molecular complexity index is 805. The highest BCUT2D eigenvalue weighted by Crippen LogP contribution is 2.14. The molecule has 1 aromatic carbocycles. The summed E-state index contributed by atoms with van der Waals surface area (Å²) in [6.45, 7) is 4.18. The maximum atomic E-state index is 12.5. The second kappa shape index (κ2) is 11.0. The zero-order valence-electron chi connectivity index (χ0n) is 16.7. The number of amides is 1. The molecule has 6 heteroatoms. The quantitative estimate of drug-likeness (QED) is 0.588. The highest BCUT2D eigenvalue weighted by molar-refractivity contribution is 7.12. The fourth-order valence-electron chi connectivity index (χ4n) is 3.56. The van der Waals surface area contributed by atoms with E-state index in [2.05, 4.69) is 17.0 Å². The Morgan fingerprint density at radius 3 is 2.38 bits per heavy atom. The van der Waals surface area contributed by atoms with Crippen LogP contribution in [0.5, 0.6) is 0 Å². The summed E-state index contributed by atoms with van der Waals surface area (Å²) in [5, 5.41) is 1.86. The summed E-state index contributed by atoms with van der Waals surface area (Å²) in [6.07, 6.45) is 1.86. The third kappa shape index (κ3) is 6.91. The lowest BCUT2D eigenvalue weighted by atomic mass is 10.1. The van der Waals surface area contributed by atoms with Gasteiger partial charge in [0.1, 0.15) is 5.78 Å². The average Bonchev–Trinajstić information content (AvgIpc) is 3.18. The Labute approximate surface area is 176 Å². The summed E-state index contributed by atoms with van der Waals surface area (Å²) in [6, 6.07) is 14.0. The number of ketones is 2. The third-order valence-corrected chi connectivity index (χ3v) is 6.15. The van der Waals surface area contributed by atoms with Crippen molar-refractivity contribution in [3.05, 3.63) is 58.3 Å². The Hall–Kier alpha value is -2.31. The third-order valence-electron chi connectivity index (χ3n) is 5.23. The summed E-state index contributed by atoms with van der Waals surface area (Å²) in [5.41, 5.74) is 1.29. The average molecular weight is 413 g/mol. The van der Waals surface area contributed by atoms with Gasteiger partial charge in [0.2, 0.25) is 5.91 Å². The largest absolute Gasteiger partial charge is 0.341 e. The molecule has 0 spiro atoms. The van der Waals surface area contributed by atoms with Gasteiger partial charge in [0, 0.05) is 58.4 Å². The molecule has 3 rings (SSSR count). The van der Waals surface area contributed by atoms with Crippen LogP contribution in [0.3, 0.4) is 0 Å². The number of benzene rings is 1. The number of hydrogen-bond acceptors (Lipinski definition) is 5. The molecule has 1 amide bonds. The van der Waals surface area contributed by atoms with E-state index in [0.29, 0.717) is 11.4 Å². The van der Waals surface area contributed by atoms with E-state index in [4.69, 9.17) is 0 Å². The van der Waals surface area contributed by atoms with Gasteiger partial charge < -0.3 is 4.90 Å². The summed E-state index contributed by atoms with van der Waals surface area (Å²) < 4.78 is 0. The van der Waals surface area contributed by atoms with Gasteiger partial charge in [0.15, 0.2) is 5.78 Å². The van der Waals surface area contributed by atoms with E-state index in [9.17, 15) is 14.4 Å². The van der Waals surface area contributed by atoms with Crippen LogP contribution < -0.4 is 0 Å². The predicted molar refractivity (Wildman–Crippen MR) is 115 cm³/mol. The number of nitrogens with zero attached hydrogens (tertiary/aromatic N) is 2. The first-order valence-electron chi connectivity index (χ1n) is 10.2. The van der Waals surface area contributed by atoms with Crippen molar-refractivity contribution < 1.29 is 14.4 Å². The highest BCUT2D eigenvalue weighted by atomic mass is 32.1. The first-order chi connectivity index (χ1) is 14.1. The predicted octanol–water partition coefficient (Wildman–Crippen LogP) is 3.79. The number of rotatable bonds is 9. The van der Waals surface area contributed by atoms with E-state index >= 15 is 0 Å². The van der Waals surface area contributed by atoms with Gasteiger partial charge >= 0.3 is 0 Å². The van der Waals surface area contributed by atoms with Gasteiger partial charge in [0.05, 0.1) is 4.88 Å². The van der Waals surface area contributed by atoms with Gasteiger partial charge in [-0.3, -0.25) is 19.3 Å². The fourth-order valence-corrected chi connectivity index (χ4v) is 4.26. The van der Waals surface area contributed by atoms with Crippen molar-refractivity contribution in [3.8, 4) is 0 Å². The maximum absolute atomic E-state index is 12.5. The van der Waals surface area contributed by atoms with Gasteiger partial charge in [-0.15, -0.1) is 11.3 Å². The summed E-state index contributed by atoms with van der Waals surface area (Å²) in [7, 11) is 0. The molecule has 5 nitrogen and oxygen atoms in total. The lowest BCUT2D eigenvalue weighted by Gasteiger charge is -2.22. The topological polar surface area (TPSA) is 57.7 Å². The molecule has 0 atom stereocenters. The van der Waals surface area contributed by atoms with Crippen LogP contribution >= 0.6 is 11.3 Å². The molecule has 29 heavy (non-hydrogen) atoms.